The molecular formula is C10H7N3S2. The number of nitrogens with zero attached hydrogens (tertiary/aromatic N) is 2. The van der Waals surface area contributed by atoms with E-state index in [9.17, 15) is 0 Å². The molecule has 0 atom stereocenters. The van der Waals surface area contributed by atoms with Crippen molar-refractivity contribution in [1.82, 2.24) is 15.2 Å². The molecule has 0 spiro atoms. The highest BCUT2D eigenvalue weighted by Gasteiger charge is 2.07. The van der Waals surface area contributed by atoms with Crippen molar-refractivity contribution in [2.45, 2.75) is 0 Å². The van der Waals surface area contributed by atoms with E-state index in [-0.39, 0.29) is 0 Å². The summed E-state index contributed by atoms with van der Waals surface area (Å²) in [6, 6.07) is 6.06. The molecule has 3 rings (SSSR count). The van der Waals surface area contributed by atoms with Crippen LogP contribution in [-0.4, -0.2) is 15.2 Å². The van der Waals surface area contributed by atoms with Gasteiger partial charge < -0.3 is 0 Å². The summed E-state index contributed by atoms with van der Waals surface area (Å²) in [5.74, 6) is 1.60. The Balaban J connectivity index is 2.02. The van der Waals surface area contributed by atoms with Crippen LogP contribution < -0.4 is 0 Å². The Labute approximate surface area is 94.4 Å². The lowest BCUT2D eigenvalue weighted by atomic mass is 10.3. The first-order valence-corrected chi connectivity index (χ1v) is 6.24. The summed E-state index contributed by atoms with van der Waals surface area (Å²) in [4.78, 5) is 5.56. The van der Waals surface area contributed by atoms with Crippen LogP contribution in [0.1, 0.15) is 0 Å². The Bertz CT molecular complexity index is 488. The van der Waals surface area contributed by atoms with Gasteiger partial charge in [-0.1, -0.05) is 6.07 Å². The molecule has 0 fully saturated rings. The predicted molar refractivity (Wildman–Crippen MR) is 63.0 cm³/mol. The molecule has 0 radical (unpaired) electrons. The molecule has 0 unspecified atom stereocenters. The van der Waals surface area contributed by atoms with Gasteiger partial charge in [0, 0.05) is 10.9 Å². The summed E-state index contributed by atoms with van der Waals surface area (Å²) in [5, 5.41) is 13.2. The van der Waals surface area contributed by atoms with Crippen LogP contribution in [0.5, 0.6) is 0 Å². The molecule has 0 aliphatic heterocycles. The number of thiophene rings is 2. The average Bonchev–Trinajstić information content (AvgIpc) is 3.02. The summed E-state index contributed by atoms with van der Waals surface area (Å²) in [6.45, 7) is 0. The number of hydrogen-bond donors (Lipinski definition) is 1. The fraction of sp³-hybridized carbons (Fsp3) is 0. The van der Waals surface area contributed by atoms with Gasteiger partial charge in [0.2, 0.25) is 0 Å². The third-order valence-corrected chi connectivity index (χ3v) is 3.58. The van der Waals surface area contributed by atoms with Crippen molar-refractivity contribution in [3.8, 4) is 22.1 Å². The maximum atomic E-state index is 4.45. The molecule has 3 aromatic heterocycles. The van der Waals surface area contributed by atoms with Gasteiger partial charge in [0.25, 0.3) is 0 Å². The first-order valence-electron chi connectivity index (χ1n) is 4.42. The monoisotopic (exact) mass is 233 g/mol. The second-order valence-corrected chi connectivity index (χ2v) is 4.72. The fourth-order valence-corrected chi connectivity index (χ4v) is 2.60. The Morgan fingerprint density at radius 3 is 2.93 bits per heavy atom. The summed E-state index contributed by atoms with van der Waals surface area (Å²) in [7, 11) is 0. The molecule has 0 aromatic carbocycles. The number of aromatic amines is 1. The molecular weight excluding hydrogens is 226 g/mol. The van der Waals surface area contributed by atoms with Gasteiger partial charge in [0.15, 0.2) is 11.6 Å². The van der Waals surface area contributed by atoms with Gasteiger partial charge in [-0.2, -0.15) is 16.4 Å². The van der Waals surface area contributed by atoms with Gasteiger partial charge in [0.05, 0.1) is 4.88 Å². The lowest BCUT2D eigenvalue weighted by Crippen LogP contribution is -1.75. The van der Waals surface area contributed by atoms with Gasteiger partial charge in [-0.3, -0.25) is 5.10 Å². The van der Waals surface area contributed by atoms with Crippen LogP contribution in [0, 0.1) is 0 Å². The van der Waals surface area contributed by atoms with E-state index in [1.165, 1.54) is 0 Å². The van der Waals surface area contributed by atoms with E-state index in [1.807, 2.05) is 34.3 Å². The minimum atomic E-state index is 0.764. The summed E-state index contributed by atoms with van der Waals surface area (Å²) >= 11 is 3.31. The second kappa shape index (κ2) is 3.60. The van der Waals surface area contributed by atoms with Gasteiger partial charge in [-0.05, 0) is 22.9 Å². The van der Waals surface area contributed by atoms with Crippen LogP contribution in [0.15, 0.2) is 34.3 Å². The zero-order chi connectivity index (χ0) is 10.1. The zero-order valence-electron chi connectivity index (χ0n) is 7.68. The fourth-order valence-electron chi connectivity index (χ4n) is 1.31. The zero-order valence-corrected chi connectivity index (χ0v) is 9.31. The largest absolute Gasteiger partial charge is 0.258 e. The van der Waals surface area contributed by atoms with E-state index in [0.717, 1.165) is 22.1 Å². The minimum absolute atomic E-state index is 0.764. The van der Waals surface area contributed by atoms with E-state index in [1.54, 1.807) is 22.7 Å². The molecule has 74 valence electrons. The predicted octanol–water partition coefficient (Wildman–Crippen LogP) is 3.26. The number of hydrogen-bond acceptors (Lipinski definition) is 4. The van der Waals surface area contributed by atoms with Crippen LogP contribution in [0.4, 0.5) is 0 Å². The van der Waals surface area contributed by atoms with Crippen LogP contribution in [0.25, 0.3) is 22.1 Å². The molecule has 0 bridgehead atoms. The summed E-state index contributed by atoms with van der Waals surface area (Å²) in [6.07, 6.45) is 0. The van der Waals surface area contributed by atoms with E-state index in [2.05, 4.69) is 15.2 Å². The van der Waals surface area contributed by atoms with Gasteiger partial charge >= 0.3 is 0 Å². The third kappa shape index (κ3) is 1.60. The first-order chi connectivity index (χ1) is 7.43. The van der Waals surface area contributed by atoms with Gasteiger partial charge in [-0.15, -0.1) is 11.3 Å². The van der Waals surface area contributed by atoms with Crippen molar-refractivity contribution in [1.29, 1.82) is 0 Å². The quantitative estimate of drug-likeness (QED) is 0.738. The molecule has 5 heteroatoms. The molecule has 0 saturated heterocycles. The molecule has 0 amide bonds. The Morgan fingerprint density at radius 2 is 2.20 bits per heavy atom. The van der Waals surface area contributed by atoms with Crippen molar-refractivity contribution >= 4 is 22.7 Å². The molecule has 0 saturated carbocycles. The smallest absolute Gasteiger partial charge is 0.182 e. The maximum absolute atomic E-state index is 4.45. The normalized spacial score (nSPS) is 10.7. The van der Waals surface area contributed by atoms with Crippen molar-refractivity contribution in [2.24, 2.45) is 0 Å². The number of nitrogens with one attached hydrogen (secondary N) is 1. The Hall–Kier alpha value is -1.46. The van der Waals surface area contributed by atoms with E-state index < -0.39 is 0 Å². The van der Waals surface area contributed by atoms with E-state index in [4.69, 9.17) is 0 Å². The van der Waals surface area contributed by atoms with E-state index >= 15 is 0 Å². The molecule has 3 heterocycles. The molecule has 3 nitrogen and oxygen atoms in total. The SMILES string of the molecule is c1csc(-c2nc(-c3ccsc3)n[nH]2)c1. The molecule has 1 N–H and O–H groups in total. The highest BCUT2D eigenvalue weighted by molar-refractivity contribution is 7.13. The van der Waals surface area contributed by atoms with Crippen LogP contribution in [-0.2, 0) is 0 Å². The topological polar surface area (TPSA) is 41.6 Å². The Kier molecular flexibility index (Phi) is 2.12. The summed E-state index contributed by atoms with van der Waals surface area (Å²) in [5.41, 5.74) is 1.07. The molecule has 0 aliphatic carbocycles. The van der Waals surface area contributed by atoms with Crippen molar-refractivity contribution < 1.29 is 0 Å². The molecule has 15 heavy (non-hydrogen) atoms. The van der Waals surface area contributed by atoms with Crippen molar-refractivity contribution in [3.63, 3.8) is 0 Å². The average molecular weight is 233 g/mol. The van der Waals surface area contributed by atoms with Crippen LogP contribution in [0.2, 0.25) is 0 Å². The lowest BCUT2D eigenvalue weighted by Gasteiger charge is -1.86. The second-order valence-electron chi connectivity index (χ2n) is 3.00. The van der Waals surface area contributed by atoms with Crippen LogP contribution in [0.3, 0.4) is 0 Å². The number of rotatable bonds is 2. The Morgan fingerprint density at radius 1 is 1.20 bits per heavy atom. The minimum Gasteiger partial charge on any atom is -0.258 e. The first kappa shape index (κ1) is 8.82. The van der Waals surface area contributed by atoms with E-state index in [0.29, 0.717) is 0 Å². The standard InChI is InChI=1S/C10H7N3S2/c1-2-8(15-4-1)10-11-9(12-13-10)7-3-5-14-6-7/h1-6H,(H,11,12,13). The number of aromatic nitrogens is 3. The number of H-pyrrole nitrogens is 1. The molecule has 3 aromatic rings. The summed E-state index contributed by atoms with van der Waals surface area (Å²) < 4.78 is 0. The third-order valence-electron chi connectivity index (χ3n) is 2.02. The molecule has 0 aliphatic rings. The van der Waals surface area contributed by atoms with Gasteiger partial charge in [-0.25, -0.2) is 4.98 Å². The van der Waals surface area contributed by atoms with Crippen molar-refractivity contribution in [2.75, 3.05) is 0 Å². The van der Waals surface area contributed by atoms with Crippen molar-refractivity contribution in [3.05, 3.63) is 34.3 Å². The van der Waals surface area contributed by atoms with Gasteiger partial charge in [0.1, 0.15) is 0 Å². The van der Waals surface area contributed by atoms with Crippen LogP contribution >= 0.6 is 22.7 Å². The highest BCUT2D eigenvalue weighted by Crippen LogP contribution is 2.24. The highest BCUT2D eigenvalue weighted by atomic mass is 32.1. The maximum Gasteiger partial charge on any atom is 0.182 e. The lowest BCUT2D eigenvalue weighted by molar-refractivity contribution is 1.10.